The Balaban J connectivity index is 3.85. The number of aliphatic imine (C=N–C) groups is 1. The van der Waals surface area contributed by atoms with E-state index in [1.807, 2.05) is 24.8 Å². The second-order valence-corrected chi connectivity index (χ2v) is 3.99. The second-order valence-electron chi connectivity index (χ2n) is 2.89. The maximum absolute atomic E-state index is 3.67. The summed E-state index contributed by atoms with van der Waals surface area (Å²) in [5, 5.41) is 0. The molecule has 0 aliphatic rings. The molecule has 0 aromatic heterocycles. The molecule has 1 nitrogen and oxygen atoms in total. The SMILES string of the molecule is C=N/C=C\C(=C/C)SCC(C)C. The quantitative estimate of drug-likeness (QED) is 0.469. The number of hydrogen-bond donors (Lipinski definition) is 0. The van der Waals surface area contributed by atoms with Gasteiger partial charge in [-0.05, 0) is 25.6 Å². The van der Waals surface area contributed by atoms with Gasteiger partial charge < -0.3 is 0 Å². The molecule has 0 amide bonds. The van der Waals surface area contributed by atoms with Gasteiger partial charge >= 0.3 is 0 Å². The van der Waals surface area contributed by atoms with E-state index in [0.29, 0.717) is 0 Å². The molecule has 0 aromatic carbocycles. The van der Waals surface area contributed by atoms with Gasteiger partial charge in [0.25, 0.3) is 0 Å². The van der Waals surface area contributed by atoms with Gasteiger partial charge in [0.2, 0.25) is 0 Å². The van der Waals surface area contributed by atoms with Crippen LogP contribution in [0, 0.1) is 5.92 Å². The molecule has 0 spiro atoms. The van der Waals surface area contributed by atoms with Crippen molar-refractivity contribution in [2.24, 2.45) is 10.9 Å². The first-order valence-electron chi connectivity index (χ1n) is 4.12. The molecule has 0 saturated carbocycles. The van der Waals surface area contributed by atoms with Crippen molar-refractivity contribution in [2.45, 2.75) is 20.8 Å². The van der Waals surface area contributed by atoms with Crippen LogP contribution in [0.4, 0.5) is 0 Å². The summed E-state index contributed by atoms with van der Waals surface area (Å²) in [5.74, 6) is 1.89. The van der Waals surface area contributed by atoms with Crippen LogP contribution in [0.2, 0.25) is 0 Å². The zero-order valence-electron chi connectivity index (χ0n) is 8.08. The first-order chi connectivity index (χ1) is 5.70. The van der Waals surface area contributed by atoms with Crippen LogP contribution in [-0.2, 0) is 0 Å². The Morgan fingerprint density at radius 1 is 1.58 bits per heavy atom. The van der Waals surface area contributed by atoms with Crippen molar-refractivity contribution in [1.82, 2.24) is 0 Å². The Morgan fingerprint density at radius 2 is 2.25 bits per heavy atom. The molecule has 0 rings (SSSR count). The van der Waals surface area contributed by atoms with Gasteiger partial charge in [0.1, 0.15) is 0 Å². The zero-order valence-corrected chi connectivity index (χ0v) is 8.90. The van der Waals surface area contributed by atoms with Crippen LogP contribution in [0.1, 0.15) is 20.8 Å². The van der Waals surface area contributed by atoms with E-state index in [2.05, 4.69) is 31.6 Å². The molecule has 0 fully saturated rings. The summed E-state index contributed by atoms with van der Waals surface area (Å²) >= 11 is 1.86. The average Bonchev–Trinajstić information content (AvgIpc) is 2.05. The molecule has 0 radical (unpaired) electrons. The maximum atomic E-state index is 3.67. The van der Waals surface area contributed by atoms with E-state index in [-0.39, 0.29) is 0 Å². The van der Waals surface area contributed by atoms with Crippen molar-refractivity contribution in [3.05, 3.63) is 23.3 Å². The molecule has 0 aliphatic heterocycles. The number of nitrogens with zero attached hydrogens (tertiary/aromatic N) is 1. The molecule has 68 valence electrons. The van der Waals surface area contributed by atoms with Gasteiger partial charge in [-0.2, -0.15) is 0 Å². The largest absolute Gasteiger partial charge is 0.272 e. The van der Waals surface area contributed by atoms with Crippen LogP contribution in [0.25, 0.3) is 0 Å². The topological polar surface area (TPSA) is 12.4 Å². The van der Waals surface area contributed by atoms with Gasteiger partial charge in [-0.25, -0.2) is 0 Å². The Labute approximate surface area is 79.7 Å². The molecule has 0 aliphatic carbocycles. The van der Waals surface area contributed by atoms with E-state index in [1.54, 1.807) is 6.20 Å². The van der Waals surface area contributed by atoms with Gasteiger partial charge in [-0.15, -0.1) is 11.8 Å². The highest BCUT2D eigenvalue weighted by Crippen LogP contribution is 2.19. The van der Waals surface area contributed by atoms with E-state index in [9.17, 15) is 0 Å². The summed E-state index contributed by atoms with van der Waals surface area (Å²) in [6, 6.07) is 0. The molecule has 0 bridgehead atoms. The van der Waals surface area contributed by atoms with E-state index in [1.165, 1.54) is 4.91 Å². The second kappa shape index (κ2) is 7.17. The number of allylic oxidation sites excluding steroid dienone is 2. The average molecular weight is 183 g/mol. The van der Waals surface area contributed by atoms with Gasteiger partial charge in [0, 0.05) is 16.9 Å². The fourth-order valence-corrected chi connectivity index (χ4v) is 1.47. The highest BCUT2D eigenvalue weighted by molar-refractivity contribution is 8.03. The summed E-state index contributed by atoms with van der Waals surface area (Å²) < 4.78 is 0. The van der Waals surface area contributed by atoms with E-state index >= 15 is 0 Å². The lowest BCUT2D eigenvalue weighted by molar-refractivity contribution is 0.751. The molecule has 0 atom stereocenters. The molecule has 0 N–H and O–H groups in total. The smallest absolute Gasteiger partial charge is 0.0271 e. The third-order valence-corrected chi connectivity index (χ3v) is 2.75. The molecular weight excluding hydrogens is 166 g/mol. The van der Waals surface area contributed by atoms with Crippen molar-refractivity contribution in [2.75, 3.05) is 5.75 Å². The lowest BCUT2D eigenvalue weighted by Crippen LogP contribution is -1.89. The molecular formula is C10H17NS. The Hall–Kier alpha value is -0.500. The van der Waals surface area contributed by atoms with Crippen LogP contribution in [-0.4, -0.2) is 12.5 Å². The minimum absolute atomic E-state index is 0.732. The minimum Gasteiger partial charge on any atom is -0.272 e. The van der Waals surface area contributed by atoms with Gasteiger partial charge in [0.15, 0.2) is 0 Å². The summed E-state index contributed by atoms with van der Waals surface area (Å²) in [7, 11) is 0. The van der Waals surface area contributed by atoms with Crippen molar-refractivity contribution < 1.29 is 0 Å². The first-order valence-corrected chi connectivity index (χ1v) is 5.10. The Bertz CT molecular complexity index is 180. The fraction of sp³-hybridized carbons (Fsp3) is 0.500. The Kier molecular flexibility index (Phi) is 6.87. The monoisotopic (exact) mass is 183 g/mol. The zero-order chi connectivity index (χ0) is 9.40. The summed E-state index contributed by atoms with van der Waals surface area (Å²) in [6.45, 7) is 9.86. The van der Waals surface area contributed by atoms with E-state index < -0.39 is 0 Å². The summed E-state index contributed by atoms with van der Waals surface area (Å²) in [4.78, 5) is 4.93. The van der Waals surface area contributed by atoms with Gasteiger partial charge in [-0.3, -0.25) is 4.99 Å². The predicted octanol–water partition coefficient (Wildman–Crippen LogP) is 3.49. The van der Waals surface area contributed by atoms with Crippen LogP contribution >= 0.6 is 11.8 Å². The summed E-state index contributed by atoms with van der Waals surface area (Å²) in [6.07, 6.45) is 5.80. The highest BCUT2D eigenvalue weighted by atomic mass is 32.2. The third-order valence-electron chi connectivity index (χ3n) is 1.21. The van der Waals surface area contributed by atoms with Crippen molar-refractivity contribution >= 4 is 18.5 Å². The molecule has 0 heterocycles. The number of thioether (sulfide) groups is 1. The molecule has 2 heteroatoms. The first kappa shape index (κ1) is 11.5. The number of rotatable bonds is 5. The van der Waals surface area contributed by atoms with Crippen LogP contribution in [0.3, 0.4) is 0 Å². The van der Waals surface area contributed by atoms with Gasteiger partial charge in [0.05, 0.1) is 0 Å². The normalized spacial score (nSPS) is 12.8. The highest BCUT2D eigenvalue weighted by Gasteiger charge is 1.95. The maximum Gasteiger partial charge on any atom is 0.0271 e. The Morgan fingerprint density at radius 3 is 2.67 bits per heavy atom. The molecule has 0 unspecified atom stereocenters. The van der Waals surface area contributed by atoms with Crippen LogP contribution in [0.5, 0.6) is 0 Å². The standard InChI is InChI=1S/C10H17NS/c1-5-10(6-7-11-4)12-8-9(2)3/h5-7,9H,4,8H2,1-3H3/b7-6-,10-5+. The predicted molar refractivity (Wildman–Crippen MR) is 59.7 cm³/mol. The van der Waals surface area contributed by atoms with E-state index in [0.717, 1.165) is 11.7 Å². The van der Waals surface area contributed by atoms with Crippen molar-refractivity contribution in [1.29, 1.82) is 0 Å². The van der Waals surface area contributed by atoms with Crippen molar-refractivity contribution in [3.8, 4) is 0 Å². The lowest BCUT2D eigenvalue weighted by Gasteiger charge is -2.03. The fourth-order valence-electron chi connectivity index (χ4n) is 0.617. The molecule has 12 heavy (non-hydrogen) atoms. The van der Waals surface area contributed by atoms with Crippen LogP contribution < -0.4 is 0 Å². The number of hydrogen-bond acceptors (Lipinski definition) is 2. The van der Waals surface area contributed by atoms with Crippen molar-refractivity contribution in [3.63, 3.8) is 0 Å². The molecule has 0 saturated heterocycles. The van der Waals surface area contributed by atoms with E-state index in [4.69, 9.17) is 0 Å². The summed E-state index contributed by atoms with van der Waals surface area (Å²) in [5.41, 5.74) is 0. The third kappa shape index (κ3) is 6.23. The lowest BCUT2D eigenvalue weighted by atomic mass is 10.3. The van der Waals surface area contributed by atoms with Gasteiger partial charge in [-0.1, -0.05) is 19.9 Å². The van der Waals surface area contributed by atoms with Crippen LogP contribution in [0.15, 0.2) is 28.2 Å². The minimum atomic E-state index is 0.732. The molecule has 0 aromatic rings.